The van der Waals surface area contributed by atoms with Crippen LogP contribution in [0.4, 0.5) is 8.78 Å². The smallest absolute Gasteiger partial charge is 0.279 e. The van der Waals surface area contributed by atoms with Gasteiger partial charge < -0.3 is 4.98 Å². The van der Waals surface area contributed by atoms with Crippen molar-refractivity contribution >= 4 is 27.5 Å². The molecule has 1 rings (SSSR count). The van der Waals surface area contributed by atoms with Gasteiger partial charge in [0.05, 0.1) is 10.4 Å². The minimum absolute atomic E-state index is 0.00222. The molecule has 1 aromatic rings. The van der Waals surface area contributed by atoms with E-state index in [-0.39, 0.29) is 16.0 Å². The molecule has 13 heavy (non-hydrogen) atoms. The number of aromatic nitrogens is 1. The van der Waals surface area contributed by atoms with Gasteiger partial charge in [-0.15, -0.1) is 11.6 Å². The molecule has 0 aliphatic heterocycles. The van der Waals surface area contributed by atoms with Crippen LogP contribution in [-0.2, 0) is 5.88 Å². The van der Waals surface area contributed by atoms with Gasteiger partial charge in [0.2, 0.25) is 0 Å². The van der Waals surface area contributed by atoms with Crippen molar-refractivity contribution in [2.45, 2.75) is 12.3 Å². The van der Waals surface area contributed by atoms with Gasteiger partial charge in [0.15, 0.2) is 5.43 Å². The van der Waals surface area contributed by atoms with Gasteiger partial charge in [-0.3, -0.25) is 4.79 Å². The fourth-order valence-corrected chi connectivity index (χ4v) is 1.37. The maximum atomic E-state index is 12.3. The van der Waals surface area contributed by atoms with E-state index < -0.39 is 17.5 Å². The molecule has 0 fully saturated rings. The third kappa shape index (κ3) is 2.28. The first-order valence-corrected chi connectivity index (χ1v) is 4.64. The summed E-state index contributed by atoms with van der Waals surface area (Å²) in [6.07, 6.45) is -2.72. The molecule has 0 aliphatic carbocycles. The molecule has 0 aromatic carbocycles. The van der Waals surface area contributed by atoms with Gasteiger partial charge in [0.25, 0.3) is 6.43 Å². The first-order chi connectivity index (χ1) is 6.06. The summed E-state index contributed by atoms with van der Waals surface area (Å²) in [5.74, 6) is 0.00222. The lowest BCUT2D eigenvalue weighted by Crippen LogP contribution is -2.09. The van der Waals surface area contributed by atoms with E-state index in [0.29, 0.717) is 0 Å². The van der Waals surface area contributed by atoms with E-state index in [0.717, 1.165) is 0 Å². The lowest BCUT2D eigenvalue weighted by molar-refractivity contribution is 0.145. The van der Waals surface area contributed by atoms with E-state index in [1.54, 1.807) is 0 Å². The molecular formula is C7H5BrClF2NO. The molecule has 72 valence electrons. The van der Waals surface area contributed by atoms with Gasteiger partial charge >= 0.3 is 0 Å². The Bertz CT molecular complexity index is 366. The molecule has 0 saturated heterocycles. The van der Waals surface area contributed by atoms with Crippen molar-refractivity contribution in [3.8, 4) is 0 Å². The van der Waals surface area contributed by atoms with Crippen LogP contribution in [0.25, 0.3) is 0 Å². The lowest BCUT2D eigenvalue weighted by atomic mass is 10.3. The molecule has 1 heterocycles. The molecule has 0 radical (unpaired) electrons. The maximum Gasteiger partial charge on any atom is 0.279 e. The van der Waals surface area contributed by atoms with Gasteiger partial charge in [0.1, 0.15) is 5.69 Å². The Balaban J connectivity index is 3.33. The summed E-state index contributed by atoms with van der Waals surface area (Å²) >= 11 is 8.17. The number of hydrogen-bond donors (Lipinski definition) is 1. The summed E-state index contributed by atoms with van der Waals surface area (Å²) < 4.78 is 24.4. The van der Waals surface area contributed by atoms with Crippen LogP contribution in [0.3, 0.4) is 0 Å². The molecule has 1 N–H and O–H groups in total. The van der Waals surface area contributed by atoms with E-state index in [1.807, 2.05) is 0 Å². The van der Waals surface area contributed by atoms with Crippen molar-refractivity contribution in [1.82, 2.24) is 4.98 Å². The van der Waals surface area contributed by atoms with Crippen LogP contribution in [-0.4, -0.2) is 4.98 Å². The third-order valence-electron chi connectivity index (χ3n) is 1.42. The van der Waals surface area contributed by atoms with Crippen LogP contribution >= 0.6 is 27.5 Å². The predicted molar refractivity (Wildman–Crippen MR) is 49.3 cm³/mol. The van der Waals surface area contributed by atoms with Gasteiger partial charge in [-0.05, 0) is 15.9 Å². The highest BCUT2D eigenvalue weighted by Gasteiger charge is 2.15. The summed E-state index contributed by atoms with van der Waals surface area (Å²) in [5, 5.41) is 0. The van der Waals surface area contributed by atoms with Crippen LogP contribution in [0.15, 0.2) is 15.3 Å². The van der Waals surface area contributed by atoms with E-state index in [9.17, 15) is 13.6 Å². The SMILES string of the molecule is O=c1cc(CCl)[nH]c(C(F)F)c1Br. The van der Waals surface area contributed by atoms with Crippen molar-refractivity contribution in [1.29, 1.82) is 0 Å². The molecule has 0 unspecified atom stereocenters. The zero-order chi connectivity index (χ0) is 10.0. The number of nitrogens with one attached hydrogen (secondary N) is 1. The molecule has 0 atom stereocenters. The number of H-pyrrole nitrogens is 1. The molecule has 0 amide bonds. The first-order valence-electron chi connectivity index (χ1n) is 3.32. The van der Waals surface area contributed by atoms with Crippen molar-refractivity contribution in [3.63, 3.8) is 0 Å². The molecule has 0 spiro atoms. The summed E-state index contributed by atoms with van der Waals surface area (Å²) in [6.45, 7) is 0. The average molecular weight is 272 g/mol. The van der Waals surface area contributed by atoms with Crippen LogP contribution < -0.4 is 5.43 Å². The van der Waals surface area contributed by atoms with Crippen molar-refractivity contribution in [2.75, 3.05) is 0 Å². The van der Waals surface area contributed by atoms with E-state index in [2.05, 4.69) is 20.9 Å². The highest BCUT2D eigenvalue weighted by molar-refractivity contribution is 9.10. The highest BCUT2D eigenvalue weighted by Crippen LogP contribution is 2.22. The largest absolute Gasteiger partial charge is 0.355 e. The second-order valence-corrected chi connectivity index (χ2v) is 3.38. The summed E-state index contributed by atoms with van der Waals surface area (Å²) in [4.78, 5) is 13.4. The fraction of sp³-hybridized carbons (Fsp3) is 0.286. The Morgan fingerprint density at radius 1 is 1.62 bits per heavy atom. The standard InChI is InChI=1S/C7H5BrClF2NO/c8-5-4(13)1-3(2-9)12-6(5)7(10)11/h1,7H,2H2,(H,12,13). The molecule has 6 heteroatoms. The monoisotopic (exact) mass is 271 g/mol. The zero-order valence-corrected chi connectivity index (χ0v) is 8.62. The zero-order valence-electron chi connectivity index (χ0n) is 6.28. The Morgan fingerprint density at radius 2 is 2.23 bits per heavy atom. The maximum absolute atomic E-state index is 12.3. The van der Waals surface area contributed by atoms with Crippen LogP contribution in [0.1, 0.15) is 17.8 Å². The minimum atomic E-state index is -2.72. The molecule has 0 bridgehead atoms. The number of halogens is 4. The van der Waals surface area contributed by atoms with Crippen molar-refractivity contribution in [3.05, 3.63) is 32.2 Å². The van der Waals surface area contributed by atoms with E-state index >= 15 is 0 Å². The van der Waals surface area contributed by atoms with Gasteiger partial charge in [-0.2, -0.15) is 0 Å². The van der Waals surface area contributed by atoms with Crippen molar-refractivity contribution in [2.24, 2.45) is 0 Å². The highest BCUT2D eigenvalue weighted by atomic mass is 79.9. The Labute approximate surface area is 86.0 Å². The Hall–Kier alpha value is -0.420. The van der Waals surface area contributed by atoms with E-state index in [4.69, 9.17) is 11.6 Å². The quantitative estimate of drug-likeness (QED) is 0.825. The summed E-state index contributed by atoms with van der Waals surface area (Å²) in [5.41, 5.74) is -0.641. The first kappa shape index (κ1) is 10.7. The molecule has 0 saturated carbocycles. The van der Waals surface area contributed by atoms with Crippen LogP contribution in [0, 0.1) is 0 Å². The Kier molecular flexibility index (Phi) is 3.44. The number of alkyl halides is 3. The normalized spacial score (nSPS) is 10.8. The second kappa shape index (κ2) is 4.19. The lowest BCUT2D eigenvalue weighted by Gasteiger charge is -2.04. The Morgan fingerprint density at radius 3 is 2.69 bits per heavy atom. The molecule has 0 aliphatic rings. The van der Waals surface area contributed by atoms with Crippen LogP contribution in [0.2, 0.25) is 0 Å². The van der Waals surface area contributed by atoms with Gasteiger partial charge in [0, 0.05) is 11.8 Å². The van der Waals surface area contributed by atoms with Crippen molar-refractivity contribution < 1.29 is 8.78 Å². The average Bonchev–Trinajstić information content (AvgIpc) is 2.09. The number of hydrogen-bond acceptors (Lipinski definition) is 1. The molecular weight excluding hydrogens is 267 g/mol. The molecule has 2 nitrogen and oxygen atoms in total. The molecule has 1 aromatic heterocycles. The third-order valence-corrected chi connectivity index (χ3v) is 2.52. The predicted octanol–water partition coefficient (Wildman–Crippen LogP) is 2.81. The number of pyridine rings is 1. The van der Waals surface area contributed by atoms with Crippen LogP contribution in [0.5, 0.6) is 0 Å². The van der Waals surface area contributed by atoms with Gasteiger partial charge in [-0.1, -0.05) is 0 Å². The topological polar surface area (TPSA) is 32.9 Å². The van der Waals surface area contributed by atoms with E-state index in [1.165, 1.54) is 6.07 Å². The summed E-state index contributed by atoms with van der Waals surface area (Å²) in [7, 11) is 0. The minimum Gasteiger partial charge on any atom is -0.355 e. The summed E-state index contributed by atoms with van der Waals surface area (Å²) in [6, 6.07) is 1.18. The second-order valence-electron chi connectivity index (χ2n) is 2.32. The number of aromatic amines is 1. The number of rotatable bonds is 2. The van der Waals surface area contributed by atoms with Gasteiger partial charge in [-0.25, -0.2) is 8.78 Å². The fourth-order valence-electron chi connectivity index (χ4n) is 0.841.